The highest BCUT2D eigenvalue weighted by Gasteiger charge is 2.43. The second-order valence-electron chi connectivity index (χ2n) is 5.87. The highest BCUT2D eigenvalue weighted by molar-refractivity contribution is 5.82. The second-order valence-corrected chi connectivity index (χ2v) is 5.87. The predicted octanol–water partition coefficient (Wildman–Crippen LogP) is 4.13. The van der Waals surface area contributed by atoms with Crippen molar-refractivity contribution in [2.75, 3.05) is 0 Å². The van der Waals surface area contributed by atoms with E-state index in [1.54, 1.807) is 6.21 Å². The zero-order valence-electron chi connectivity index (χ0n) is 13.7. The molecule has 0 aliphatic carbocycles. The zero-order chi connectivity index (χ0) is 16.8. The van der Waals surface area contributed by atoms with Gasteiger partial charge in [-0.3, -0.25) is 4.79 Å². The highest BCUT2D eigenvalue weighted by Crippen LogP contribution is 2.39. The van der Waals surface area contributed by atoms with Gasteiger partial charge in [-0.25, -0.2) is 0 Å². The monoisotopic (exact) mass is 323 g/mol. The van der Waals surface area contributed by atoms with Crippen LogP contribution in [0.4, 0.5) is 0 Å². The van der Waals surface area contributed by atoms with Crippen LogP contribution in [0.2, 0.25) is 0 Å². The molecule has 1 aliphatic rings. The maximum atomic E-state index is 12.1. The fourth-order valence-electron chi connectivity index (χ4n) is 3.01. The van der Waals surface area contributed by atoms with E-state index in [-0.39, 0.29) is 23.9 Å². The molecule has 1 saturated heterocycles. The summed E-state index contributed by atoms with van der Waals surface area (Å²) in [6.45, 7) is 2.40. The van der Waals surface area contributed by atoms with Crippen LogP contribution in [0.25, 0.3) is 0 Å². The minimum Gasteiger partial charge on any atom is -0.457 e. The van der Waals surface area contributed by atoms with Crippen LogP contribution in [0, 0.1) is 11.8 Å². The lowest BCUT2D eigenvalue weighted by molar-refractivity contribution is -0.144. The Balaban J connectivity index is 1.69. The summed E-state index contributed by atoms with van der Waals surface area (Å²) in [6, 6.07) is 19.6. The van der Waals surface area contributed by atoms with Crippen molar-refractivity contribution in [3.8, 4) is 0 Å². The van der Waals surface area contributed by atoms with E-state index < -0.39 is 0 Å². The zero-order valence-corrected chi connectivity index (χ0v) is 13.7. The lowest BCUT2D eigenvalue weighted by Crippen LogP contribution is -2.18. The lowest BCUT2D eigenvalue weighted by Gasteiger charge is -2.16. The average Bonchev–Trinajstić information content (AvgIpc) is 2.96. The molecule has 1 aliphatic heterocycles. The van der Waals surface area contributed by atoms with Crippen molar-refractivity contribution in [3.05, 3.63) is 71.8 Å². The Morgan fingerprint density at radius 3 is 2.42 bits per heavy atom. The summed E-state index contributed by atoms with van der Waals surface area (Å²) in [5, 5.41) is 4.10. The number of carbonyl (C=O) groups excluding carboxylic acids is 1. The van der Waals surface area contributed by atoms with Crippen LogP contribution < -0.4 is 0 Å². The summed E-state index contributed by atoms with van der Waals surface area (Å²) in [4.78, 5) is 17.5. The van der Waals surface area contributed by atoms with Gasteiger partial charge in [0.1, 0.15) is 12.7 Å². The maximum Gasteiger partial charge on any atom is 0.310 e. The molecule has 1 fully saturated rings. The van der Waals surface area contributed by atoms with Crippen molar-refractivity contribution in [3.63, 3.8) is 0 Å². The van der Waals surface area contributed by atoms with Crippen molar-refractivity contribution in [2.24, 2.45) is 17.0 Å². The molecule has 2 aromatic carbocycles. The van der Waals surface area contributed by atoms with Crippen LogP contribution in [-0.2, 0) is 21.0 Å². The summed E-state index contributed by atoms with van der Waals surface area (Å²) in [5.74, 6) is -0.453. The number of nitrogens with zero attached hydrogens (tertiary/aromatic N) is 1. The number of hydrogen-bond acceptors (Lipinski definition) is 4. The predicted molar refractivity (Wildman–Crippen MR) is 92.3 cm³/mol. The molecule has 4 nitrogen and oxygen atoms in total. The standard InChI is InChI=1S/C20H21NO3/c1-2-17-18(13-21-23-14-15-9-5-3-6-10-15)19(24-20(17)22)16-11-7-4-8-12-16/h3-13,17-19H,2,14H2,1H3/b21-13+/t17-,18-,19+/m0/s1. The Hall–Kier alpha value is -2.62. The summed E-state index contributed by atoms with van der Waals surface area (Å²) in [5.41, 5.74) is 2.04. The van der Waals surface area contributed by atoms with Gasteiger partial charge >= 0.3 is 5.97 Å². The first-order chi connectivity index (χ1) is 11.8. The molecular weight excluding hydrogens is 302 g/mol. The first-order valence-electron chi connectivity index (χ1n) is 8.24. The Morgan fingerprint density at radius 1 is 1.08 bits per heavy atom. The van der Waals surface area contributed by atoms with Crippen LogP contribution in [0.1, 0.15) is 30.6 Å². The molecule has 0 amide bonds. The number of rotatable bonds is 6. The minimum absolute atomic E-state index is 0.110. The van der Waals surface area contributed by atoms with Gasteiger partial charge in [-0.05, 0) is 17.5 Å². The molecular formula is C20H21NO3. The Labute approximate surface area is 142 Å². The van der Waals surface area contributed by atoms with Gasteiger partial charge in [-0.15, -0.1) is 0 Å². The molecule has 0 aromatic heterocycles. The lowest BCUT2D eigenvalue weighted by atomic mass is 9.86. The topological polar surface area (TPSA) is 47.9 Å². The van der Waals surface area contributed by atoms with Gasteiger partial charge < -0.3 is 9.57 Å². The summed E-state index contributed by atoms with van der Waals surface area (Å²) >= 11 is 0. The minimum atomic E-state index is -0.298. The largest absolute Gasteiger partial charge is 0.457 e. The second kappa shape index (κ2) is 7.77. The molecule has 4 heteroatoms. The number of ether oxygens (including phenoxy) is 1. The summed E-state index contributed by atoms with van der Waals surface area (Å²) < 4.78 is 5.59. The molecule has 2 aromatic rings. The van der Waals surface area contributed by atoms with E-state index >= 15 is 0 Å². The normalized spacial score (nSPS) is 23.4. The van der Waals surface area contributed by atoms with Gasteiger partial charge in [0.25, 0.3) is 0 Å². The van der Waals surface area contributed by atoms with E-state index in [0.29, 0.717) is 6.61 Å². The molecule has 0 radical (unpaired) electrons. The highest BCUT2D eigenvalue weighted by atomic mass is 16.6. The molecule has 0 N–H and O–H groups in total. The van der Waals surface area contributed by atoms with E-state index in [1.807, 2.05) is 67.6 Å². The number of benzene rings is 2. The van der Waals surface area contributed by atoms with E-state index in [0.717, 1.165) is 17.5 Å². The molecule has 24 heavy (non-hydrogen) atoms. The SMILES string of the molecule is CC[C@@H]1C(=O)O[C@H](c2ccccc2)[C@H]1/C=N/OCc1ccccc1. The fourth-order valence-corrected chi connectivity index (χ4v) is 3.01. The van der Waals surface area contributed by atoms with Gasteiger partial charge in [-0.2, -0.15) is 0 Å². The van der Waals surface area contributed by atoms with E-state index in [9.17, 15) is 4.79 Å². The Morgan fingerprint density at radius 2 is 1.75 bits per heavy atom. The van der Waals surface area contributed by atoms with Crippen molar-refractivity contribution in [1.29, 1.82) is 0 Å². The van der Waals surface area contributed by atoms with Gasteiger partial charge in [-0.1, -0.05) is 72.7 Å². The third-order valence-electron chi connectivity index (χ3n) is 4.31. The van der Waals surface area contributed by atoms with Gasteiger partial charge in [0.05, 0.1) is 18.1 Å². The molecule has 1 heterocycles. The van der Waals surface area contributed by atoms with Crippen LogP contribution in [0.5, 0.6) is 0 Å². The third-order valence-corrected chi connectivity index (χ3v) is 4.31. The number of esters is 1. The molecule has 3 rings (SSSR count). The molecule has 0 spiro atoms. The molecule has 124 valence electrons. The van der Waals surface area contributed by atoms with E-state index in [1.165, 1.54) is 0 Å². The maximum absolute atomic E-state index is 12.1. The average molecular weight is 323 g/mol. The van der Waals surface area contributed by atoms with E-state index in [4.69, 9.17) is 9.57 Å². The Kier molecular flexibility index (Phi) is 5.26. The van der Waals surface area contributed by atoms with E-state index in [2.05, 4.69) is 5.16 Å². The van der Waals surface area contributed by atoms with Crippen LogP contribution in [-0.4, -0.2) is 12.2 Å². The smallest absolute Gasteiger partial charge is 0.310 e. The fraction of sp³-hybridized carbons (Fsp3) is 0.300. The Bertz CT molecular complexity index is 685. The van der Waals surface area contributed by atoms with Crippen LogP contribution in [0.3, 0.4) is 0 Å². The van der Waals surface area contributed by atoms with Crippen LogP contribution in [0.15, 0.2) is 65.8 Å². The molecule has 0 saturated carbocycles. The van der Waals surface area contributed by atoms with Gasteiger partial charge in [0.2, 0.25) is 0 Å². The summed E-state index contributed by atoms with van der Waals surface area (Å²) in [6.07, 6.45) is 2.14. The van der Waals surface area contributed by atoms with Crippen molar-refractivity contribution in [1.82, 2.24) is 0 Å². The number of carbonyl (C=O) groups is 1. The quantitative estimate of drug-likeness (QED) is 0.456. The number of oxime groups is 1. The van der Waals surface area contributed by atoms with Gasteiger partial charge in [0.15, 0.2) is 0 Å². The number of hydrogen-bond donors (Lipinski definition) is 0. The van der Waals surface area contributed by atoms with Crippen molar-refractivity contribution < 1.29 is 14.4 Å². The number of cyclic esters (lactones) is 1. The first kappa shape index (κ1) is 16.2. The van der Waals surface area contributed by atoms with Gasteiger partial charge in [0, 0.05) is 0 Å². The third kappa shape index (κ3) is 3.65. The molecule has 3 atom stereocenters. The molecule has 0 unspecified atom stereocenters. The van der Waals surface area contributed by atoms with Crippen LogP contribution >= 0.6 is 0 Å². The van der Waals surface area contributed by atoms with Crippen molar-refractivity contribution in [2.45, 2.75) is 26.1 Å². The van der Waals surface area contributed by atoms with Crippen molar-refractivity contribution >= 4 is 12.2 Å². The first-order valence-corrected chi connectivity index (χ1v) is 8.24. The summed E-state index contributed by atoms with van der Waals surface area (Å²) in [7, 11) is 0. The molecule has 0 bridgehead atoms.